The summed E-state index contributed by atoms with van der Waals surface area (Å²) in [5.41, 5.74) is -0.875. The molecule has 7 nitrogen and oxygen atoms in total. The van der Waals surface area contributed by atoms with Crippen LogP contribution in [0.4, 0.5) is 0 Å². The van der Waals surface area contributed by atoms with Gasteiger partial charge in [0.25, 0.3) is 5.56 Å². The van der Waals surface area contributed by atoms with Gasteiger partial charge in [0.05, 0.1) is 16.3 Å². The van der Waals surface area contributed by atoms with Gasteiger partial charge in [-0.25, -0.2) is 4.79 Å². The molecule has 0 radical (unpaired) electrons. The van der Waals surface area contributed by atoms with E-state index in [0.717, 1.165) is 0 Å². The fourth-order valence-corrected chi connectivity index (χ4v) is 2.54. The molecule has 2 rings (SSSR count). The molecule has 0 bridgehead atoms. The molecule has 8 heteroatoms. The van der Waals surface area contributed by atoms with Crippen LogP contribution in [0.2, 0.25) is 0 Å². The zero-order valence-corrected chi connectivity index (χ0v) is 12.7. The molecule has 0 aromatic carbocycles. The van der Waals surface area contributed by atoms with Gasteiger partial charge in [-0.3, -0.25) is 14.3 Å². The molecule has 1 aliphatic rings. The monoisotopic (exact) mass is 382 g/mol. The molecule has 19 heavy (non-hydrogen) atoms. The maximum Gasteiger partial charge on any atom is 0.330 e. The fourth-order valence-electron chi connectivity index (χ4n) is 2.11. The number of ether oxygens (including phenoxy) is 3. The Morgan fingerprint density at radius 2 is 2.26 bits per heavy atom. The van der Waals surface area contributed by atoms with Gasteiger partial charge < -0.3 is 14.2 Å². The summed E-state index contributed by atoms with van der Waals surface area (Å²) >= 11 is 1.87. The van der Waals surface area contributed by atoms with Crippen molar-refractivity contribution in [1.82, 2.24) is 9.55 Å². The van der Waals surface area contributed by atoms with Crippen LogP contribution in [0.5, 0.6) is 0 Å². The molecule has 1 fully saturated rings. The second-order valence-electron chi connectivity index (χ2n) is 4.24. The molecule has 3 unspecified atom stereocenters. The molecule has 0 saturated carbocycles. The molecule has 1 aromatic heterocycles. The summed E-state index contributed by atoms with van der Waals surface area (Å²) < 4.78 is 18.0. The number of halogens is 1. The Balaban J connectivity index is 2.27. The summed E-state index contributed by atoms with van der Waals surface area (Å²) in [4.78, 5) is 25.4. The van der Waals surface area contributed by atoms with Crippen molar-refractivity contribution in [2.24, 2.45) is 0 Å². The zero-order chi connectivity index (χ0) is 14.0. The molecular formula is C11H15IN2O5. The summed E-state index contributed by atoms with van der Waals surface area (Å²) in [6.45, 7) is 0.393. The van der Waals surface area contributed by atoms with E-state index >= 15 is 0 Å². The number of rotatable bonds is 4. The second kappa shape index (κ2) is 6.16. The summed E-state index contributed by atoms with van der Waals surface area (Å²) in [6, 6.07) is 0. The van der Waals surface area contributed by atoms with Gasteiger partial charge in [0.1, 0.15) is 12.3 Å². The Morgan fingerprint density at radius 1 is 1.53 bits per heavy atom. The van der Waals surface area contributed by atoms with Crippen molar-refractivity contribution in [3.63, 3.8) is 0 Å². The maximum atomic E-state index is 11.8. The highest BCUT2D eigenvalue weighted by atomic mass is 127. The summed E-state index contributed by atoms with van der Waals surface area (Å²) in [5.74, 6) is 0. The largest absolute Gasteiger partial charge is 0.382 e. The van der Waals surface area contributed by atoms with Crippen molar-refractivity contribution in [2.45, 2.75) is 24.9 Å². The van der Waals surface area contributed by atoms with Crippen LogP contribution in [-0.4, -0.2) is 42.6 Å². The molecule has 2 heterocycles. The van der Waals surface area contributed by atoms with Crippen molar-refractivity contribution in [3.05, 3.63) is 30.6 Å². The third-order valence-corrected chi connectivity index (χ3v) is 3.82. The predicted octanol–water partition coefficient (Wildman–Crippen LogP) is 0.0901. The van der Waals surface area contributed by atoms with E-state index in [-0.39, 0.29) is 12.2 Å². The Labute approximate surface area is 123 Å². The molecule has 0 spiro atoms. The number of nitrogens with one attached hydrogen (secondary N) is 1. The van der Waals surface area contributed by atoms with Crippen LogP contribution in [0.15, 0.2) is 15.8 Å². The van der Waals surface area contributed by atoms with Crippen molar-refractivity contribution < 1.29 is 14.2 Å². The van der Waals surface area contributed by atoms with Gasteiger partial charge in [-0.1, -0.05) is 0 Å². The van der Waals surface area contributed by atoms with Gasteiger partial charge in [0.15, 0.2) is 0 Å². The Morgan fingerprint density at radius 3 is 2.89 bits per heavy atom. The highest BCUT2D eigenvalue weighted by Gasteiger charge is 2.36. The van der Waals surface area contributed by atoms with E-state index in [0.29, 0.717) is 16.6 Å². The third-order valence-electron chi connectivity index (χ3n) is 3.05. The molecule has 1 aliphatic heterocycles. The SMILES string of the molecule is COCC1OC(n2cc(I)c(=O)[nH]c2=O)CC1OC. The highest BCUT2D eigenvalue weighted by molar-refractivity contribution is 14.1. The van der Waals surface area contributed by atoms with Gasteiger partial charge in [0.2, 0.25) is 0 Å². The Kier molecular flexibility index (Phi) is 4.76. The normalized spacial score (nSPS) is 26.8. The number of aromatic amines is 1. The van der Waals surface area contributed by atoms with Crippen molar-refractivity contribution in [1.29, 1.82) is 0 Å². The molecule has 3 atom stereocenters. The summed E-state index contributed by atoms with van der Waals surface area (Å²) in [6.07, 6.45) is 1.21. The molecular weight excluding hydrogens is 367 g/mol. The van der Waals surface area contributed by atoms with Crippen LogP contribution in [-0.2, 0) is 14.2 Å². The van der Waals surface area contributed by atoms with E-state index in [2.05, 4.69) is 4.98 Å². The standard InChI is InChI=1S/C11H15IN2O5/c1-17-5-8-7(18-2)3-9(19-8)14-4-6(12)10(15)13-11(14)16/h4,7-9H,3,5H2,1-2H3,(H,13,15,16). The molecule has 1 aromatic rings. The van der Waals surface area contributed by atoms with Gasteiger partial charge in [-0.05, 0) is 22.6 Å². The number of nitrogens with zero attached hydrogens (tertiary/aromatic N) is 1. The van der Waals surface area contributed by atoms with Crippen LogP contribution in [0.3, 0.4) is 0 Å². The minimum Gasteiger partial charge on any atom is -0.382 e. The first kappa shape index (κ1) is 14.7. The van der Waals surface area contributed by atoms with E-state index in [9.17, 15) is 9.59 Å². The number of hydrogen-bond donors (Lipinski definition) is 1. The predicted molar refractivity (Wildman–Crippen MR) is 75.2 cm³/mol. The lowest BCUT2D eigenvalue weighted by Gasteiger charge is -2.16. The van der Waals surface area contributed by atoms with Gasteiger partial charge in [-0.2, -0.15) is 0 Å². The van der Waals surface area contributed by atoms with E-state index in [1.165, 1.54) is 10.8 Å². The Hall–Kier alpha value is -0.710. The quantitative estimate of drug-likeness (QED) is 0.747. The highest BCUT2D eigenvalue weighted by Crippen LogP contribution is 2.29. The number of hydrogen-bond acceptors (Lipinski definition) is 5. The van der Waals surface area contributed by atoms with E-state index < -0.39 is 17.5 Å². The van der Waals surface area contributed by atoms with Crippen LogP contribution >= 0.6 is 22.6 Å². The molecule has 0 amide bonds. The van der Waals surface area contributed by atoms with Crippen molar-refractivity contribution in [2.75, 3.05) is 20.8 Å². The van der Waals surface area contributed by atoms with Gasteiger partial charge in [-0.15, -0.1) is 0 Å². The van der Waals surface area contributed by atoms with Gasteiger partial charge >= 0.3 is 5.69 Å². The third kappa shape index (κ3) is 3.07. The van der Waals surface area contributed by atoms with Crippen molar-refractivity contribution >= 4 is 22.6 Å². The lowest BCUT2D eigenvalue weighted by molar-refractivity contribution is -0.0618. The Bertz CT molecular complexity index is 555. The average Bonchev–Trinajstić information content (AvgIpc) is 2.77. The molecule has 1 saturated heterocycles. The van der Waals surface area contributed by atoms with Gasteiger partial charge in [0, 0.05) is 26.8 Å². The minimum absolute atomic E-state index is 0.138. The number of H-pyrrole nitrogens is 1. The molecule has 1 N–H and O–H groups in total. The maximum absolute atomic E-state index is 11.8. The van der Waals surface area contributed by atoms with E-state index in [1.807, 2.05) is 22.6 Å². The first-order valence-corrected chi connectivity index (χ1v) is 6.83. The number of methoxy groups -OCH3 is 2. The summed E-state index contributed by atoms with van der Waals surface area (Å²) in [7, 11) is 3.18. The summed E-state index contributed by atoms with van der Waals surface area (Å²) in [5, 5.41) is 0. The minimum atomic E-state index is -0.483. The first-order chi connectivity index (χ1) is 9.06. The second-order valence-corrected chi connectivity index (χ2v) is 5.40. The van der Waals surface area contributed by atoms with E-state index in [4.69, 9.17) is 14.2 Å². The number of aromatic nitrogens is 2. The van der Waals surface area contributed by atoms with Crippen LogP contribution in [0.25, 0.3) is 0 Å². The molecule has 0 aliphatic carbocycles. The van der Waals surface area contributed by atoms with Crippen LogP contribution < -0.4 is 11.2 Å². The van der Waals surface area contributed by atoms with Crippen LogP contribution in [0.1, 0.15) is 12.6 Å². The average molecular weight is 382 g/mol. The lowest BCUT2D eigenvalue weighted by Crippen LogP contribution is -2.33. The fraction of sp³-hybridized carbons (Fsp3) is 0.636. The zero-order valence-electron chi connectivity index (χ0n) is 10.6. The topological polar surface area (TPSA) is 82.5 Å². The van der Waals surface area contributed by atoms with Crippen LogP contribution in [0, 0.1) is 3.57 Å². The first-order valence-electron chi connectivity index (χ1n) is 5.75. The molecule has 106 valence electrons. The lowest BCUT2D eigenvalue weighted by atomic mass is 10.2. The van der Waals surface area contributed by atoms with Crippen molar-refractivity contribution in [3.8, 4) is 0 Å². The smallest absolute Gasteiger partial charge is 0.330 e. The van der Waals surface area contributed by atoms with E-state index in [1.54, 1.807) is 14.2 Å².